The standard InChI is InChI=1S/C15H12Br2N2S/c1-9-13(17)6-12(20-9)8-18-14-4-2-3-10-5-11(16)7-19-15(10)14/h2-7,18H,8H2,1H3. The van der Waals surface area contributed by atoms with E-state index in [4.69, 9.17) is 0 Å². The molecule has 0 aliphatic carbocycles. The van der Waals surface area contributed by atoms with Gasteiger partial charge in [0.15, 0.2) is 0 Å². The first kappa shape index (κ1) is 14.0. The van der Waals surface area contributed by atoms with Gasteiger partial charge in [0.05, 0.1) is 11.2 Å². The van der Waals surface area contributed by atoms with E-state index in [1.54, 1.807) is 11.3 Å². The van der Waals surface area contributed by atoms with Crippen molar-refractivity contribution in [3.05, 3.63) is 55.2 Å². The third kappa shape index (κ3) is 2.90. The average Bonchev–Trinajstić information content (AvgIpc) is 2.75. The van der Waals surface area contributed by atoms with Crippen LogP contribution in [0.15, 0.2) is 45.5 Å². The van der Waals surface area contributed by atoms with Gasteiger partial charge in [0.25, 0.3) is 0 Å². The largest absolute Gasteiger partial charge is 0.378 e. The smallest absolute Gasteiger partial charge is 0.0934 e. The number of thiophene rings is 1. The van der Waals surface area contributed by atoms with Crippen LogP contribution in [0.1, 0.15) is 9.75 Å². The second kappa shape index (κ2) is 5.84. The van der Waals surface area contributed by atoms with E-state index in [-0.39, 0.29) is 0 Å². The third-order valence-electron chi connectivity index (χ3n) is 3.04. The summed E-state index contributed by atoms with van der Waals surface area (Å²) >= 11 is 8.82. The lowest BCUT2D eigenvalue weighted by molar-refractivity contribution is 1.19. The van der Waals surface area contributed by atoms with E-state index in [0.717, 1.165) is 27.6 Å². The van der Waals surface area contributed by atoms with Gasteiger partial charge in [-0.25, -0.2) is 0 Å². The normalized spacial score (nSPS) is 10.9. The number of pyridine rings is 1. The molecule has 102 valence electrons. The first-order valence-electron chi connectivity index (χ1n) is 6.16. The maximum absolute atomic E-state index is 4.50. The second-order valence-electron chi connectivity index (χ2n) is 4.50. The van der Waals surface area contributed by atoms with E-state index in [9.17, 15) is 0 Å². The monoisotopic (exact) mass is 410 g/mol. The Kier molecular flexibility index (Phi) is 4.10. The van der Waals surface area contributed by atoms with Gasteiger partial charge in [-0.15, -0.1) is 11.3 Å². The summed E-state index contributed by atoms with van der Waals surface area (Å²) in [4.78, 5) is 7.12. The van der Waals surface area contributed by atoms with Crippen LogP contribution in [0.3, 0.4) is 0 Å². The molecule has 2 nitrogen and oxygen atoms in total. The number of para-hydroxylation sites is 1. The Balaban J connectivity index is 1.87. The Morgan fingerprint density at radius 3 is 2.85 bits per heavy atom. The van der Waals surface area contributed by atoms with E-state index >= 15 is 0 Å². The van der Waals surface area contributed by atoms with E-state index in [1.165, 1.54) is 14.2 Å². The molecule has 0 fully saturated rings. The van der Waals surface area contributed by atoms with Gasteiger partial charge in [-0.05, 0) is 57.0 Å². The maximum atomic E-state index is 4.50. The van der Waals surface area contributed by atoms with Gasteiger partial charge in [-0.1, -0.05) is 12.1 Å². The number of aryl methyl sites for hydroxylation is 1. The van der Waals surface area contributed by atoms with Crippen LogP contribution in [0.5, 0.6) is 0 Å². The number of nitrogens with zero attached hydrogens (tertiary/aromatic N) is 1. The predicted molar refractivity (Wildman–Crippen MR) is 93.5 cm³/mol. The molecule has 1 aromatic carbocycles. The topological polar surface area (TPSA) is 24.9 Å². The van der Waals surface area contributed by atoms with Gasteiger partial charge in [-0.2, -0.15) is 0 Å². The fourth-order valence-electron chi connectivity index (χ4n) is 2.06. The van der Waals surface area contributed by atoms with E-state index in [1.807, 2.05) is 12.3 Å². The summed E-state index contributed by atoms with van der Waals surface area (Å²) in [5.74, 6) is 0. The molecular weight excluding hydrogens is 400 g/mol. The van der Waals surface area contributed by atoms with Crippen molar-refractivity contribution in [3.63, 3.8) is 0 Å². The van der Waals surface area contributed by atoms with E-state index in [2.05, 4.69) is 73.3 Å². The average molecular weight is 412 g/mol. The number of aromatic nitrogens is 1. The molecule has 2 heterocycles. The molecule has 20 heavy (non-hydrogen) atoms. The van der Waals surface area contributed by atoms with Crippen molar-refractivity contribution in [2.24, 2.45) is 0 Å². The lowest BCUT2D eigenvalue weighted by atomic mass is 10.2. The maximum Gasteiger partial charge on any atom is 0.0934 e. The van der Waals surface area contributed by atoms with Crippen LogP contribution in [0.4, 0.5) is 5.69 Å². The molecule has 0 bridgehead atoms. The van der Waals surface area contributed by atoms with Crippen LogP contribution in [0.25, 0.3) is 10.9 Å². The summed E-state index contributed by atoms with van der Waals surface area (Å²) < 4.78 is 2.18. The Morgan fingerprint density at radius 2 is 2.10 bits per heavy atom. The number of hydrogen-bond donors (Lipinski definition) is 1. The SMILES string of the molecule is Cc1sc(CNc2cccc3cc(Br)cnc23)cc1Br. The molecule has 0 amide bonds. The Morgan fingerprint density at radius 1 is 1.25 bits per heavy atom. The zero-order valence-electron chi connectivity index (χ0n) is 10.8. The van der Waals surface area contributed by atoms with Crippen molar-refractivity contribution in [1.29, 1.82) is 0 Å². The molecule has 0 saturated heterocycles. The fraction of sp³-hybridized carbons (Fsp3) is 0.133. The van der Waals surface area contributed by atoms with Crippen LogP contribution >= 0.6 is 43.2 Å². The molecule has 2 aromatic heterocycles. The molecule has 5 heteroatoms. The highest BCUT2D eigenvalue weighted by molar-refractivity contribution is 9.10. The van der Waals surface area contributed by atoms with Crippen molar-refractivity contribution in [2.75, 3.05) is 5.32 Å². The molecular formula is C15H12Br2N2S. The van der Waals surface area contributed by atoms with Crippen molar-refractivity contribution < 1.29 is 0 Å². The summed E-state index contributed by atoms with van der Waals surface area (Å²) in [6, 6.07) is 10.4. The highest BCUT2D eigenvalue weighted by Gasteiger charge is 2.05. The lowest BCUT2D eigenvalue weighted by Gasteiger charge is -2.08. The zero-order valence-corrected chi connectivity index (χ0v) is 14.8. The summed E-state index contributed by atoms with van der Waals surface area (Å²) in [6.07, 6.45) is 1.83. The number of benzene rings is 1. The van der Waals surface area contributed by atoms with E-state index in [0.29, 0.717) is 0 Å². The molecule has 0 aliphatic rings. The first-order chi connectivity index (χ1) is 9.63. The van der Waals surface area contributed by atoms with Crippen molar-refractivity contribution >= 4 is 59.8 Å². The highest BCUT2D eigenvalue weighted by atomic mass is 79.9. The van der Waals surface area contributed by atoms with Crippen LogP contribution in [0.2, 0.25) is 0 Å². The number of halogens is 2. The quantitative estimate of drug-likeness (QED) is 0.594. The number of nitrogens with one attached hydrogen (secondary N) is 1. The van der Waals surface area contributed by atoms with Crippen LogP contribution in [-0.4, -0.2) is 4.98 Å². The molecule has 0 aliphatic heterocycles. The third-order valence-corrected chi connectivity index (χ3v) is 5.61. The summed E-state index contributed by atoms with van der Waals surface area (Å²) in [6.45, 7) is 2.93. The minimum absolute atomic E-state index is 0.813. The Labute approximate surface area is 138 Å². The number of rotatable bonds is 3. The van der Waals surface area contributed by atoms with Crippen molar-refractivity contribution in [1.82, 2.24) is 4.98 Å². The molecule has 3 aromatic rings. The number of hydrogen-bond acceptors (Lipinski definition) is 3. The van der Waals surface area contributed by atoms with Gasteiger partial charge in [-0.3, -0.25) is 4.98 Å². The molecule has 0 radical (unpaired) electrons. The Bertz CT molecular complexity index is 748. The molecule has 0 unspecified atom stereocenters. The second-order valence-corrected chi connectivity index (χ2v) is 7.61. The minimum Gasteiger partial charge on any atom is -0.378 e. The number of fused-ring (bicyclic) bond motifs is 1. The van der Waals surface area contributed by atoms with Crippen LogP contribution < -0.4 is 5.32 Å². The van der Waals surface area contributed by atoms with Gasteiger partial charge in [0.2, 0.25) is 0 Å². The molecule has 1 N–H and O–H groups in total. The molecule has 3 rings (SSSR count). The van der Waals surface area contributed by atoms with Gasteiger partial charge >= 0.3 is 0 Å². The van der Waals surface area contributed by atoms with Gasteiger partial charge in [0.1, 0.15) is 0 Å². The van der Waals surface area contributed by atoms with E-state index < -0.39 is 0 Å². The lowest BCUT2D eigenvalue weighted by Crippen LogP contribution is -1.98. The molecule has 0 spiro atoms. The fourth-order valence-corrected chi connectivity index (χ4v) is 3.95. The number of anilines is 1. The van der Waals surface area contributed by atoms with Crippen molar-refractivity contribution in [2.45, 2.75) is 13.5 Å². The summed E-state index contributed by atoms with van der Waals surface area (Å²) in [5.41, 5.74) is 2.07. The zero-order chi connectivity index (χ0) is 14.1. The predicted octanol–water partition coefficient (Wildman–Crippen LogP) is 5.74. The first-order valence-corrected chi connectivity index (χ1v) is 8.57. The minimum atomic E-state index is 0.813. The highest BCUT2D eigenvalue weighted by Crippen LogP contribution is 2.28. The summed E-state index contributed by atoms with van der Waals surface area (Å²) in [5, 5.41) is 4.61. The van der Waals surface area contributed by atoms with Gasteiger partial charge in [0, 0.05) is 36.8 Å². The molecule has 0 saturated carbocycles. The van der Waals surface area contributed by atoms with Gasteiger partial charge < -0.3 is 5.32 Å². The van der Waals surface area contributed by atoms with Crippen LogP contribution in [0, 0.1) is 6.92 Å². The van der Waals surface area contributed by atoms with Crippen LogP contribution in [-0.2, 0) is 6.54 Å². The van der Waals surface area contributed by atoms with Crippen molar-refractivity contribution in [3.8, 4) is 0 Å². The molecule has 0 atom stereocenters. The Hall–Kier alpha value is -0.910. The summed E-state index contributed by atoms with van der Waals surface area (Å²) in [7, 11) is 0.